The molecular formula is CH7BrN2. The van der Waals surface area contributed by atoms with Crippen molar-refractivity contribution in [3.05, 3.63) is 0 Å². The number of hydrogen-bond donors (Lipinski definition) is 2. The lowest BCUT2D eigenvalue weighted by Crippen LogP contribution is -3.00. The van der Waals surface area contributed by atoms with Crippen LogP contribution in [0.25, 0.3) is 0 Å². The minimum Gasteiger partial charge on any atom is -1.00 e. The van der Waals surface area contributed by atoms with Gasteiger partial charge in [0.25, 0.3) is 0 Å². The predicted molar refractivity (Wildman–Crippen MR) is 12.0 cm³/mol. The number of quaternary nitrogens is 1. The molecule has 0 unspecified atom stereocenters. The molecule has 0 aromatic carbocycles. The quantitative estimate of drug-likeness (QED) is 0.248. The number of nitrogens with two attached hydrogens (primary N) is 2. The Kier molecular flexibility index (Phi) is 22.1. The van der Waals surface area contributed by atoms with E-state index in [0.717, 1.165) is 0 Å². The van der Waals surface area contributed by atoms with Crippen LogP contribution in [0.3, 0.4) is 0 Å². The Labute approximate surface area is 36.1 Å². The van der Waals surface area contributed by atoms with Gasteiger partial charge in [0.15, 0.2) is 0 Å². The van der Waals surface area contributed by atoms with Gasteiger partial charge in [-0.2, -0.15) is 5.84 Å². The lowest BCUT2D eigenvalue weighted by atomic mass is 11.5. The molecule has 0 fully saturated rings. The third-order valence-electron chi connectivity index (χ3n) is 0. The highest BCUT2D eigenvalue weighted by molar-refractivity contribution is 3.22. The van der Waals surface area contributed by atoms with Crippen molar-refractivity contribution in [3.63, 3.8) is 0 Å². The summed E-state index contributed by atoms with van der Waals surface area (Å²) in [5.74, 6) is 4.72. The molecule has 4 heavy (non-hydrogen) atoms. The summed E-state index contributed by atoms with van der Waals surface area (Å²) in [6.07, 6.45) is 0. The Morgan fingerprint density at radius 1 is 1.75 bits per heavy atom. The van der Waals surface area contributed by atoms with E-state index >= 15 is 0 Å². The Morgan fingerprint density at radius 2 is 1.75 bits per heavy atom. The van der Waals surface area contributed by atoms with Crippen molar-refractivity contribution in [3.8, 4) is 0 Å². The van der Waals surface area contributed by atoms with Gasteiger partial charge in [0.2, 0.25) is 0 Å². The van der Waals surface area contributed by atoms with Crippen LogP contribution in [0.4, 0.5) is 0 Å². The second-order valence-corrected chi connectivity index (χ2v) is 0.333. The van der Waals surface area contributed by atoms with Crippen LogP contribution in [0.5, 0.6) is 0 Å². The SMILES string of the molecule is C[NH2+]N.[Br-]. The van der Waals surface area contributed by atoms with Gasteiger partial charge in [-0.25, -0.2) is 0 Å². The molecule has 0 radical (unpaired) electrons. The molecule has 0 aromatic rings. The van der Waals surface area contributed by atoms with Crippen molar-refractivity contribution >= 4 is 0 Å². The topological polar surface area (TPSA) is 42.6 Å². The van der Waals surface area contributed by atoms with E-state index < -0.39 is 0 Å². The van der Waals surface area contributed by atoms with Gasteiger partial charge in [0, 0.05) is 0 Å². The summed E-state index contributed by atoms with van der Waals surface area (Å²) in [4.78, 5) is 0. The Morgan fingerprint density at radius 3 is 1.75 bits per heavy atom. The van der Waals surface area contributed by atoms with E-state index in [1.807, 2.05) is 0 Å². The van der Waals surface area contributed by atoms with Crippen molar-refractivity contribution in [2.24, 2.45) is 5.84 Å². The van der Waals surface area contributed by atoms with Crippen LogP contribution >= 0.6 is 0 Å². The summed E-state index contributed by atoms with van der Waals surface area (Å²) < 4.78 is 0. The van der Waals surface area contributed by atoms with Crippen LogP contribution in [0.15, 0.2) is 0 Å². The molecule has 0 spiro atoms. The highest BCUT2D eigenvalue weighted by Crippen LogP contribution is 0.403. The summed E-state index contributed by atoms with van der Waals surface area (Å²) in [6, 6.07) is 0. The minimum atomic E-state index is 0. The van der Waals surface area contributed by atoms with Gasteiger partial charge >= 0.3 is 0 Å². The lowest BCUT2D eigenvalue weighted by Gasteiger charge is -1.59. The van der Waals surface area contributed by atoms with E-state index in [4.69, 9.17) is 5.84 Å². The summed E-state index contributed by atoms with van der Waals surface area (Å²) in [7, 11) is 1.78. The summed E-state index contributed by atoms with van der Waals surface area (Å²) >= 11 is 0. The molecule has 0 aliphatic rings. The smallest absolute Gasteiger partial charge is 0.0823 e. The van der Waals surface area contributed by atoms with Crippen molar-refractivity contribution in [1.82, 2.24) is 0 Å². The molecule has 4 N–H and O–H groups in total. The van der Waals surface area contributed by atoms with Crippen LogP contribution < -0.4 is 28.2 Å². The molecular weight excluding hydrogens is 120 g/mol. The first-order valence-corrected chi connectivity index (χ1v) is 0.911. The molecule has 3 heteroatoms. The third kappa shape index (κ3) is 29.4. The molecule has 0 bridgehead atoms. The van der Waals surface area contributed by atoms with E-state index in [0.29, 0.717) is 0 Å². The average Bonchev–Trinajstić information content (AvgIpc) is 0.918. The third-order valence-corrected chi connectivity index (χ3v) is 0. The van der Waals surface area contributed by atoms with E-state index in [1.54, 1.807) is 7.05 Å². The van der Waals surface area contributed by atoms with Crippen molar-refractivity contribution in [2.45, 2.75) is 0 Å². The van der Waals surface area contributed by atoms with Gasteiger partial charge in [0.1, 0.15) is 0 Å². The molecule has 0 aromatic heterocycles. The molecule has 28 valence electrons. The zero-order valence-corrected chi connectivity index (χ0v) is 4.12. The maximum atomic E-state index is 4.72. The molecule has 2 nitrogen and oxygen atoms in total. The predicted octanol–water partition coefficient (Wildman–Crippen LogP) is -4.94. The van der Waals surface area contributed by atoms with Crippen molar-refractivity contribution < 1.29 is 22.4 Å². The fourth-order valence-electron chi connectivity index (χ4n) is 0. The first kappa shape index (κ1) is 8.83. The molecule has 0 aliphatic carbocycles. The Bertz CT molecular complexity index is 6.00. The largest absolute Gasteiger partial charge is 1.00 e. The Hall–Kier alpha value is 0.400. The molecule has 0 saturated heterocycles. The van der Waals surface area contributed by atoms with Crippen LogP contribution in [-0.2, 0) is 0 Å². The number of halogens is 1. The number of rotatable bonds is 0. The maximum Gasteiger partial charge on any atom is 0.0823 e. The summed E-state index contributed by atoms with van der Waals surface area (Å²) in [6.45, 7) is 0. The van der Waals surface area contributed by atoms with Gasteiger partial charge in [0.05, 0.1) is 7.05 Å². The Balaban J connectivity index is 0. The van der Waals surface area contributed by atoms with Crippen molar-refractivity contribution in [2.75, 3.05) is 7.05 Å². The van der Waals surface area contributed by atoms with Gasteiger partial charge < -0.3 is 17.0 Å². The highest BCUT2D eigenvalue weighted by atomic mass is 79.9. The number of hydrogen-bond acceptors (Lipinski definition) is 1. The monoisotopic (exact) mass is 126 g/mol. The van der Waals surface area contributed by atoms with Crippen molar-refractivity contribution in [1.29, 1.82) is 0 Å². The zero-order chi connectivity index (χ0) is 2.71. The fourth-order valence-corrected chi connectivity index (χ4v) is 0. The van der Waals surface area contributed by atoms with Gasteiger partial charge in [-0.3, -0.25) is 5.43 Å². The van der Waals surface area contributed by atoms with Crippen LogP contribution in [0.1, 0.15) is 0 Å². The molecule has 0 saturated carbocycles. The van der Waals surface area contributed by atoms with E-state index in [1.165, 1.54) is 5.43 Å². The second kappa shape index (κ2) is 9.99. The average molecular weight is 127 g/mol. The molecule has 0 rings (SSSR count). The maximum absolute atomic E-state index is 4.72. The van der Waals surface area contributed by atoms with E-state index in [2.05, 4.69) is 0 Å². The molecule has 0 atom stereocenters. The first-order valence-electron chi connectivity index (χ1n) is 0.911. The van der Waals surface area contributed by atoms with E-state index in [-0.39, 0.29) is 17.0 Å². The zero-order valence-electron chi connectivity index (χ0n) is 2.53. The highest BCUT2D eigenvalue weighted by Gasteiger charge is 1.26. The fraction of sp³-hybridized carbons (Fsp3) is 1.00. The van der Waals surface area contributed by atoms with Gasteiger partial charge in [-0.15, -0.1) is 0 Å². The van der Waals surface area contributed by atoms with Gasteiger partial charge in [-0.1, -0.05) is 0 Å². The van der Waals surface area contributed by atoms with Crippen LogP contribution in [0, 0.1) is 0 Å². The molecule has 0 heterocycles. The van der Waals surface area contributed by atoms with E-state index in [9.17, 15) is 0 Å². The van der Waals surface area contributed by atoms with Crippen LogP contribution in [0.2, 0.25) is 0 Å². The standard InChI is InChI=1S/CH6N2.BrH/c1-3-2;/h3H,2H2,1H3;1H. The molecule has 0 amide bonds. The summed E-state index contributed by atoms with van der Waals surface area (Å²) in [5, 5.41) is 0. The second-order valence-electron chi connectivity index (χ2n) is 0.333. The summed E-state index contributed by atoms with van der Waals surface area (Å²) in [5.41, 5.74) is 1.50. The normalized spacial score (nSPS) is 4.50. The molecule has 0 aliphatic heterocycles. The van der Waals surface area contributed by atoms with Gasteiger partial charge in [-0.05, 0) is 0 Å². The minimum absolute atomic E-state index is 0. The first-order chi connectivity index (χ1) is 1.41. The van der Waals surface area contributed by atoms with Crippen LogP contribution in [-0.4, -0.2) is 7.05 Å². The lowest BCUT2D eigenvalue weighted by molar-refractivity contribution is -0.639.